The van der Waals surface area contributed by atoms with Gasteiger partial charge >= 0.3 is 5.97 Å². The first-order valence-corrected chi connectivity index (χ1v) is 9.81. The van der Waals surface area contributed by atoms with Gasteiger partial charge in [0.15, 0.2) is 5.84 Å². The molecule has 2 aromatic carbocycles. The van der Waals surface area contributed by atoms with Crippen molar-refractivity contribution in [2.75, 3.05) is 26.0 Å². The fourth-order valence-corrected chi connectivity index (χ4v) is 4.10. The Labute approximate surface area is 162 Å². The monoisotopic (exact) mass is 401 g/mol. The quantitative estimate of drug-likeness (QED) is 0.784. The number of ether oxygens (including phenoxy) is 1. The van der Waals surface area contributed by atoms with Gasteiger partial charge in [-0.05, 0) is 36.8 Å². The number of likely N-dealkylation sites (N-methyl/N-ethyl adjacent to an activating group) is 1. The van der Waals surface area contributed by atoms with Crippen molar-refractivity contribution in [2.24, 2.45) is 4.40 Å². The van der Waals surface area contributed by atoms with E-state index in [0.717, 1.165) is 5.56 Å². The summed E-state index contributed by atoms with van der Waals surface area (Å²) in [6.45, 7) is 1.68. The van der Waals surface area contributed by atoms with Crippen LogP contribution in [0.15, 0.2) is 51.8 Å². The topological polar surface area (TPSA) is 105 Å². The lowest BCUT2D eigenvalue weighted by Crippen LogP contribution is -2.35. The smallest absolute Gasteiger partial charge is 0.337 e. The zero-order valence-electron chi connectivity index (χ0n) is 15.6. The predicted molar refractivity (Wildman–Crippen MR) is 104 cm³/mol. The van der Waals surface area contributed by atoms with Crippen molar-refractivity contribution in [1.29, 1.82) is 0 Å². The highest BCUT2D eigenvalue weighted by Crippen LogP contribution is 2.27. The summed E-state index contributed by atoms with van der Waals surface area (Å²) in [5.74, 6) is -0.669. The van der Waals surface area contributed by atoms with Crippen LogP contribution in [0.4, 0.5) is 5.69 Å². The van der Waals surface area contributed by atoms with Gasteiger partial charge in [0.05, 0.1) is 19.2 Å². The van der Waals surface area contributed by atoms with Gasteiger partial charge in [-0.3, -0.25) is 4.79 Å². The average Bonchev–Trinajstić information content (AvgIpc) is 2.94. The summed E-state index contributed by atoms with van der Waals surface area (Å²) < 4.78 is 32.8. The molecule has 0 fully saturated rings. The highest BCUT2D eigenvalue weighted by Gasteiger charge is 2.30. The van der Waals surface area contributed by atoms with E-state index in [1.807, 2.05) is 0 Å². The van der Waals surface area contributed by atoms with Crippen molar-refractivity contribution in [3.8, 4) is 0 Å². The van der Waals surface area contributed by atoms with Gasteiger partial charge in [-0.1, -0.05) is 18.2 Å². The number of hydrogen-bond donors (Lipinski definition) is 1. The molecule has 0 bridgehead atoms. The van der Waals surface area contributed by atoms with E-state index in [2.05, 4.69) is 14.5 Å². The number of amides is 1. The molecule has 1 amide bonds. The average molecular weight is 401 g/mol. The summed E-state index contributed by atoms with van der Waals surface area (Å²) in [5.41, 5.74) is 2.02. The van der Waals surface area contributed by atoms with Gasteiger partial charge in [-0.25, -0.2) is 4.79 Å². The van der Waals surface area contributed by atoms with E-state index in [4.69, 9.17) is 0 Å². The molecule has 8 nitrogen and oxygen atoms in total. The first-order chi connectivity index (χ1) is 13.2. The molecule has 0 saturated carbocycles. The third-order valence-electron chi connectivity index (χ3n) is 4.29. The van der Waals surface area contributed by atoms with Crippen molar-refractivity contribution in [2.45, 2.75) is 11.8 Å². The number of nitrogens with one attached hydrogen (secondary N) is 1. The Morgan fingerprint density at radius 3 is 2.61 bits per heavy atom. The molecule has 0 atom stereocenters. The fourth-order valence-electron chi connectivity index (χ4n) is 2.85. The predicted octanol–water partition coefficient (Wildman–Crippen LogP) is 1.80. The highest BCUT2D eigenvalue weighted by molar-refractivity contribution is 7.90. The molecular formula is C19H19N3O5S. The number of fused-ring (bicyclic) bond motifs is 1. The Kier molecular flexibility index (Phi) is 5.19. The van der Waals surface area contributed by atoms with Crippen molar-refractivity contribution in [3.63, 3.8) is 0 Å². The molecule has 0 aromatic heterocycles. The number of anilines is 1. The maximum atomic E-state index is 12.5. The summed E-state index contributed by atoms with van der Waals surface area (Å²) in [4.78, 5) is 25.8. The largest absolute Gasteiger partial charge is 0.465 e. The van der Waals surface area contributed by atoms with Crippen LogP contribution in [0.1, 0.15) is 21.5 Å². The van der Waals surface area contributed by atoms with Gasteiger partial charge in [0.25, 0.3) is 10.0 Å². The van der Waals surface area contributed by atoms with Crippen LogP contribution in [0.25, 0.3) is 0 Å². The van der Waals surface area contributed by atoms with Gasteiger partial charge < -0.3 is 15.0 Å². The number of benzene rings is 2. The Morgan fingerprint density at radius 1 is 1.18 bits per heavy atom. The lowest BCUT2D eigenvalue weighted by atomic mass is 10.1. The van der Waals surface area contributed by atoms with E-state index in [-0.39, 0.29) is 23.2 Å². The Morgan fingerprint density at radius 2 is 1.89 bits per heavy atom. The van der Waals surface area contributed by atoms with Crippen LogP contribution in [-0.4, -0.2) is 51.7 Å². The van der Waals surface area contributed by atoms with Crippen LogP contribution in [0.5, 0.6) is 0 Å². The van der Waals surface area contributed by atoms with Gasteiger partial charge in [0.1, 0.15) is 4.90 Å². The number of esters is 1. The number of nitrogens with zero attached hydrogens (tertiary/aromatic N) is 2. The number of carbonyl (C=O) groups is 2. The molecule has 146 valence electrons. The Balaban J connectivity index is 1.77. The molecule has 2 aromatic rings. The first kappa shape index (κ1) is 19.6. The SMILES string of the molecule is COC(=O)c1ccc(C)c(NC(=O)CN(C)C2=NS(=O)(=O)c3ccccc32)c1. The fraction of sp³-hybridized carbons (Fsp3) is 0.211. The summed E-state index contributed by atoms with van der Waals surface area (Å²) in [7, 11) is -0.884. The second kappa shape index (κ2) is 7.43. The number of hydrogen-bond acceptors (Lipinski definition) is 6. The zero-order valence-corrected chi connectivity index (χ0v) is 16.4. The highest BCUT2D eigenvalue weighted by atomic mass is 32.2. The van der Waals surface area contributed by atoms with Gasteiger partial charge in [0.2, 0.25) is 5.91 Å². The number of aryl methyl sites for hydroxylation is 1. The Hall–Kier alpha value is -3.20. The Bertz CT molecular complexity index is 1090. The second-order valence-corrected chi connectivity index (χ2v) is 7.88. The maximum absolute atomic E-state index is 12.5. The van der Waals surface area contributed by atoms with Crippen LogP contribution in [-0.2, 0) is 19.6 Å². The number of amidine groups is 1. The first-order valence-electron chi connectivity index (χ1n) is 8.37. The van der Waals surface area contributed by atoms with Crippen molar-refractivity contribution in [3.05, 3.63) is 59.2 Å². The van der Waals surface area contributed by atoms with Crippen LogP contribution >= 0.6 is 0 Å². The van der Waals surface area contributed by atoms with Crippen LogP contribution < -0.4 is 5.32 Å². The van der Waals surface area contributed by atoms with Crippen molar-refractivity contribution in [1.82, 2.24) is 4.90 Å². The summed E-state index contributed by atoms with van der Waals surface area (Å²) in [6.07, 6.45) is 0. The number of sulfonamides is 1. The van der Waals surface area contributed by atoms with E-state index in [9.17, 15) is 18.0 Å². The number of carbonyl (C=O) groups excluding carboxylic acids is 2. The molecule has 0 aliphatic carbocycles. The van der Waals surface area contributed by atoms with E-state index >= 15 is 0 Å². The minimum atomic E-state index is -3.76. The maximum Gasteiger partial charge on any atom is 0.337 e. The van der Waals surface area contributed by atoms with Gasteiger partial charge in [-0.15, -0.1) is 4.40 Å². The second-order valence-electron chi connectivity index (χ2n) is 6.31. The minimum Gasteiger partial charge on any atom is -0.465 e. The lowest BCUT2D eigenvalue weighted by molar-refractivity contribution is -0.116. The molecule has 3 rings (SSSR count). The van der Waals surface area contributed by atoms with Crippen molar-refractivity contribution < 1.29 is 22.7 Å². The molecule has 0 radical (unpaired) electrons. The molecule has 0 unspecified atom stereocenters. The van der Waals surface area contributed by atoms with Crippen molar-refractivity contribution >= 4 is 33.4 Å². The molecule has 28 heavy (non-hydrogen) atoms. The summed E-state index contributed by atoms with van der Waals surface area (Å²) in [5, 5.41) is 2.74. The molecule has 9 heteroatoms. The molecule has 1 aliphatic heterocycles. The number of rotatable bonds is 4. The normalized spacial score (nSPS) is 14.0. The van der Waals surface area contributed by atoms with Gasteiger partial charge in [-0.2, -0.15) is 8.42 Å². The number of methoxy groups -OCH3 is 1. The summed E-state index contributed by atoms with van der Waals surface area (Å²) in [6, 6.07) is 11.3. The molecule has 1 aliphatic rings. The third kappa shape index (κ3) is 3.74. The zero-order chi connectivity index (χ0) is 20.5. The third-order valence-corrected chi connectivity index (χ3v) is 5.61. The van der Waals surface area contributed by atoms with Crippen LogP contribution in [0.2, 0.25) is 0 Å². The van der Waals surface area contributed by atoms with E-state index in [0.29, 0.717) is 16.8 Å². The molecule has 0 saturated heterocycles. The van der Waals surface area contributed by atoms with Crippen LogP contribution in [0, 0.1) is 6.92 Å². The minimum absolute atomic E-state index is 0.120. The molecule has 0 spiro atoms. The molecule has 1 N–H and O–H groups in total. The standard InChI is InChI=1S/C19H19N3O5S/c1-12-8-9-13(19(24)27-3)10-15(12)20-17(23)11-22(2)18-14-6-4-5-7-16(14)28(25,26)21-18/h4-10H,11H2,1-3H3,(H,20,23). The molecule has 1 heterocycles. The lowest BCUT2D eigenvalue weighted by Gasteiger charge is -2.19. The summed E-state index contributed by atoms with van der Waals surface area (Å²) >= 11 is 0. The van der Waals surface area contributed by atoms with E-state index < -0.39 is 16.0 Å². The van der Waals surface area contributed by atoms with Crippen LogP contribution in [0.3, 0.4) is 0 Å². The van der Waals surface area contributed by atoms with E-state index in [1.165, 1.54) is 24.1 Å². The van der Waals surface area contributed by atoms with E-state index in [1.54, 1.807) is 44.3 Å². The molecular weight excluding hydrogens is 382 g/mol. The van der Waals surface area contributed by atoms with Gasteiger partial charge in [0, 0.05) is 18.3 Å².